The Labute approximate surface area is 116 Å². The molecule has 0 radical (unpaired) electrons. The maximum Gasteiger partial charge on any atom is 0.407 e. The molecule has 1 saturated heterocycles. The third kappa shape index (κ3) is 2.74. The lowest BCUT2D eigenvalue weighted by molar-refractivity contribution is 0.115. The van der Waals surface area contributed by atoms with Crippen molar-refractivity contribution < 1.29 is 14.6 Å². The Bertz CT molecular complexity index is 615. The molecule has 1 amide bonds. The van der Waals surface area contributed by atoms with Gasteiger partial charge in [0, 0.05) is 6.42 Å². The molecule has 4 nitrogen and oxygen atoms in total. The molecule has 0 aliphatic carbocycles. The molecule has 3 rings (SSSR count). The van der Waals surface area contributed by atoms with Crippen LogP contribution in [0, 0.1) is 0 Å². The van der Waals surface area contributed by atoms with Gasteiger partial charge in [0.2, 0.25) is 0 Å². The summed E-state index contributed by atoms with van der Waals surface area (Å²) in [5, 5.41) is 14.2. The topological polar surface area (TPSA) is 58.6 Å². The van der Waals surface area contributed by atoms with E-state index in [4.69, 9.17) is 4.74 Å². The summed E-state index contributed by atoms with van der Waals surface area (Å²) in [5.41, 5.74) is 1.06. The summed E-state index contributed by atoms with van der Waals surface area (Å²) in [5.74, 6) is 0.259. The second-order valence-corrected chi connectivity index (χ2v) is 4.41. The van der Waals surface area contributed by atoms with Gasteiger partial charge in [-0.2, -0.15) is 0 Å². The van der Waals surface area contributed by atoms with Crippen LogP contribution in [0.3, 0.4) is 0 Å². The number of carbonyl (C=O) groups excluding carboxylic acids is 1. The average molecular weight is 280 g/mol. The molecule has 0 unspecified atom stereocenters. The first kappa shape index (κ1) is 13.5. The quantitative estimate of drug-likeness (QED) is 0.843. The molecule has 2 aromatic rings. The third-order valence-electron chi connectivity index (χ3n) is 3.18. The van der Waals surface area contributed by atoms with Crippen molar-refractivity contribution in [1.82, 2.24) is 5.32 Å². The molecule has 2 N–H and O–H groups in total. The van der Waals surface area contributed by atoms with E-state index < -0.39 is 0 Å². The van der Waals surface area contributed by atoms with E-state index in [0.717, 1.165) is 22.8 Å². The minimum atomic E-state index is -0.364. The summed E-state index contributed by atoms with van der Waals surface area (Å²) in [7, 11) is 0. The molecule has 1 fully saturated rings. The monoisotopic (exact) mass is 279 g/mol. The first-order valence-corrected chi connectivity index (χ1v) is 5.88. The van der Waals surface area contributed by atoms with E-state index in [1.165, 1.54) is 0 Å². The number of nitrogens with one attached hydrogen (secondary N) is 1. The summed E-state index contributed by atoms with van der Waals surface area (Å²) < 4.78 is 4.85. The van der Waals surface area contributed by atoms with Gasteiger partial charge in [-0.25, -0.2) is 4.79 Å². The predicted octanol–water partition coefficient (Wildman–Crippen LogP) is 3.14. The van der Waals surface area contributed by atoms with Gasteiger partial charge in [-0.05, 0) is 34.5 Å². The first-order valence-electron chi connectivity index (χ1n) is 5.88. The van der Waals surface area contributed by atoms with Crippen molar-refractivity contribution in [3.8, 4) is 5.75 Å². The fraction of sp³-hybridized carbons (Fsp3) is 0.214. The summed E-state index contributed by atoms with van der Waals surface area (Å²) in [6.07, 6.45) is 0.409. The Morgan fingerprint density at radius 1 is 1.16 bits per heavy atom. The largest absolute Gasteiger partial charge is 0.508 e. The Morgan fingerprint density at radius 3 is 2.68 bits per heavy atom. The van der Waals surface area contributed by atoms with E-state index in [1.54, 1.807) is 12.1 Å². The van der Waals surface area contributed by atoms with Crippen molar-refractivity contribution >= 4 is 29.3 Å². The van der Waals surface area contributed by atoms with E-state index in [1.807, 2.05) is 24.3 Å². The van der Waals surface area contributed by atoms with Crippen molar-refractivity contribution in [1.29, 1.82) is 0 Å². The number of halogens is 1. The number of aromatic hydroxyl groups is 1. The number of ether oxygens (including phenoxy) is 1. The molecular formula is C14H14ClNO3. The lowest BCUT2D eigenvalue weighted by Gasteiger charge is -2.23. The molecule has 2 aromatic carbocycles. The molecule has 0 aromatic heterocycles. The SMILES string of the molecule is Cl.O=C1N[C@@H](c2ccc3cc(O)ccc3c2)CCO1. The Balaban J connectivity index is 0.00000133. The molecule has 0 saturated carbocycles. The van der Waals surface area contributed by atoms with Gasteiger partial charge in [-0.15, -0.1) is 12.4 Å². The van der Waals surface area contributed by atoms with E-state index in [2.05, 4.69) is 5.32 Å². The number of hydrogen-bond donors (Lipinski definition) is 2. The van der Waals surface area contributed by atoms with Crippen molar-refractivity contribution in [2.45, 2.75) is 12.5 Å². The fourth-order valence-corrected chi connectivity index (χ4v) is 2.24. The molecular weight excluding hydrogens is 266 g/mol. The summed E-state index contributed by atoms with van der Waals surface area (Å²) >= 11 is 0. The summed E-state index contributed by atoms with van der Waals surface area (Å²) in [6, 6.07) is 11.2. The van der Waals surface area contributed by atoms with Gasteiger partial charge in [0.05, 0.1) is 12.6 Å². The van der Waals surface area contributed by atoms with E-state index in [9.17, 15) is 9.90 Å². The first-order chi connectivity index (χ1) is 8.72. The second kappa shape index (κ2) is 5.36. The van der Waals surface area contributed by atoms with Crippen molar-refractivity contribution in [3.05, 3.63) is 42.0 Å². The number of cyclic esters (lactones) is 1. The molecule has 1 atom stereocenters. The minimum Gasteiger partial charge on any atom is -0.508 e. The number of amides is 1. The number of phenolic OH excluding ortho intramolecular Hbond substituents is 1. The highest BCUT2D eigenvalue weighted by Gasteiger charge is 2.20. The molecule has 19 heavy (non-hydrogen) atoms. The molecule has 0 bridgehead atoms. The highest BCUT2D eigenvalue weighted by molar-refractivity contribution is 5.85. The number of benzene rings is 2. The maximum atomic E-state index is 11.2. The van der Waals surface area contributed by atoms with E-state index >= 15 is 0 Å². The van der Waals surface area contributed by atoms with Gasteiger partial charge >= 0.3 is 6.09 Å². The van der Waals surface area contributed by atoms with Gasteiger partial charge in [-0.3, -0.25) is 0 Å². The molecule has 100 valence electrons. The number of phenols is 1. The molecule has 1 aliphatic heterocycles. The van der Waals surface area contributed by atoms with Crippen LogP contribution in [-0.2, 0) is 4.74 Å². The Morgan fingerprint density at radius 2 is 1.89 bits per heavy atom. The van der Waals surface area contributed by atoms with Crippen LogP contribution in [0.2, 0.25) is 0 Å². The highest BCUT2D eigenvalue weighted by Crippen LogP contribution is 2.26. The van der Waals surface area contributed by atoms with E-state index in [-0.39, 0.29) is 30.3 Å². The lowest BCUT2D eigenvalue weighted by atomic mass is 9.99. The Kier molecular flexibility index (Phi) is 3.81. The zero-order valence-corrected chi connectivity index (χ0v) is 10.9. The van der Waals surface area contributed by atoms with Crippen LogP contribution in [0.25, 0.3) is 10.8 Å². The normalized spacial score (nSPS) is 18.3. The highest BCUT2D eigenvalue weighted by atomic mass is 35.5. The zero-order valence-electron chi connectivity index (χ0n) is 10.1. The van der Waals surface area contributed by atoms with Crippen LogP contribution in [0.5, 0.6) is 5.75 Å². The van der Waals surface area contributed by atoms with Crippen LogP contribution < -0.4 is 5.32 Å². The van der Waals surface area contributed by atoms with Gasteiger partial charge in [0.15, 0.2) is 0 Å². The van der Waals surface area contributed by atoms with Crippen molar-refractivity contribution in [3.63, 3.8) is 0 Å². The van der Waals surface area contributed by atoms with Gasteiger partial charge in [-0.1, -0.05) is 18.2 Å². The van der Waals surface area contributed by atoms with Crippen LogP contribution in [-0.4, -0.2) is 17.8 Å². The number of fused-ring (bicyclic) bond motifs is 1. The second-order valence-electron chi connectivity index (χ2n) is 4.41. The lowest BCUT2D eigenvalue weighted by Crippen LogP contribution is -2.35. The van der Waals surface area contributed by atoms with Crippen LogP contribution in [0.1, 0.15) is 18.0 Å². The molecule has 0 spiro atoms. The van der Waals surface area contributed by atoms with Gasteiger partial charge in [0.1, 0.15) is 5.75 Å². The smallest absolute Gasteiger partial charge is 0.407 e. The standard InChI is InChI=1S/C14H13NO3.ClH/c16-12-4-3-9-7-11(2-1-10(9)8-12)13-5-6-18-14(17)15-13;/h1-4,7-8,13,16H,5-6H2,(H,15,17);1H/t13-;/m1./s1. The average Bonchev–Trinajstić information content (AvgIpc) is 2.38. The zero-order chi connectivity index (χ0) is 12.5. The molecule has 1 heterocycles. The predicted molar refractivity (Wildman–Crippen MR) is 74.7 cm³/mol. The van der Waals surface area contributed by atoms with Gasteiger partial charge in [0.25, 0.3) is 0 Å². The maximum absolute atomic E-state index is 11.2. The fourth-order valence-electron chi connectivity index (χ4n) is 2.24. The number of hydrogen-bond acceptors (Lipinski definition) is 3. The number of alkyl carbamates (subject to hydrolysis) is 1. The Hall–Kier alpha value is -1.94. The van der Waals surface area contributed by atoms with Crippen LogP contribution >= 0.6 is 12.4 Å². The summed E-state index contributed by atoms with van der Waals surface area (Å²) in [4.78, 5) is 11.2. The molecule has 5 heteroatoms. The third-order valence-corrected chi connectivity index (χ3v) is 3.18. The van der Waals surface area contributed by atoms with E-state index in [0.29, 0.717) is 6.61 Å². The van der Waals surface area contributed by atoms with Crippen molar-refractivity contribution in [2.24, 2.45) is 0 Å². The minimum absolute atomic E-state index is 0. The number of carbonyl (C=O) groups is 1. The van der Waals surface area contributed by atoms with Crippen LogP contribution in [0.15, 0.2) is 36.4 Å². The van der Waals surface area contributed by atoms with Gasteiger partial charge < -0.3 is 15.2 Å². The van der Waals surface area contributed by atoms with Crippen molar-refractivity contribution in [2.75, 3.05) is 6.61 Å². The number of rotatable bonds is 1. The molecule has 1 aliphatic rings. The summed E-state index contributed by atoms with van der Waals surface area (Å²) in [6.45, 7) is 0.449. The van der Waals surface area contributed by atoms with Crippen LogP contribution in [0.4, 0.5) is 4.79 Å².